The van der Waals surface area contributed by atoms with E-state index in [0.717, 1.165) is 0 Å². The van der Waals surface area contributed by atoms with Crippen LogP contribution < -0.4 is 15.8 Å². The van der Waals surface area contributed by atoms with E-state index in [1.54, 1.807) is 13.2 Å². The van der Waals surface area contributed by atoms with Gasteiger partial charge < -0.3 is 20.5 Å². The summed E-state index contributed by atoms with van der Waals surface area (Å²) in [5, 5.41) is 3.28. The van der Waals surface area contributed by atoms with Crippen LogP contribution in [0.4, 0.5) is 15.8 Å². The smallest absolute Gasteiger partial charge is 0.167 e. The Labute approximate surface area is 114 Å². The van der Waals surface area contributed by atoms with Crippen LogP contribution in [0, 0.1) is 11.7 Å². The van der Waals surface area contributed by atoms with E-state index in [4.69, 9.17) is 15.2 Å². The minimum atomic E-state index is -0.447. The fraction of sp³-hybridized carbons (Fsp3) is 0.571. The summed E-state index contributed by atoms with van der Waals surface area (Å²) in [7, 11) is 1.65. The quantitative estimate of drug-likeness (QED) is 0.748. The summed E-state index contributed by atoms with van der Waals surface area (Å²) in [5.74, 6) is 0.122. The Kier molecular flexibility index (Phi) is 5.89. The minimum absolute atomic E-state index is 0.104. The molecule has 0 fully saturated rings. The van der Waals surface area contributed by atoms with Gasteiger partial charge in [0.05, 0.1) is 30.6 Å². The summed E-state index contributed by atoms with van der Waals surface area (Å²) in [5.41, 5.74) is 6.86. The molecule has 0 aliphatic carbocycles. The zero-order valence-electron chi connectivity index (χ0n) is 12.0. The van der Waals surface area contributed by atoms with E-state index in [2.05, 4.69) is 19.2 Å². The van der Waals surface area contributed by atoms with Gasteiger partial charge in [-0.25, -0.2) is 4.39 Å². The number of benzene rings is 1. The highest BCUT2D eigenvalue weighted by atomic mass is 19.1. The number of halogens is 1. The Morgan fingerprint density at radius 1 is 1.37 bits per heavy atom. The molecule has 1 unspecified atom stereocenters. The fourth-order valence-electron chi connectivity index (χ4n) is 1.74. The lowest BCUT2D eigenvalue weighted by Gasteiger charge is -2.24. The van der Waals surface area contributed by atoms with Gasteiger partial charge in [0.2, 0.25) is 0 Å². The number of hydrogen-bond acceptors (Lipinski definition) is 4. The van der Waals surface area contributed by atoms with Crippen LogP contribution in [0.3, 0.4) is 0 Å². The predicted molar refractivity (Wildman–Crippen MR) is 76.1 cm³/mol. The number of rotatable bonds is 7. The predicted octanol–water partition coefficient (Wildman–Crippen LogP) is 2.89. The standard InChI is InChI=1S/C14H23FN2O2/c1-5-19-14-7-12(11(16)6-10(14)15)17-13(8-18-4)9(2)3/h6-7,9,13,17H,5,8,16H2,1-4H3. The zero-order valence-corrected chi connectivity index (χ0v) is 12.0. The van der Waals surface area contributed by atoms with Crippen LogP contribution in [0.5, 0.6) is 5.75 Å². The van der Waals surface area contributed by atoms with Crippen LogP contribution in [0.15, 0.2) is 12.1 Å². The van der Waals surface area contributed by atoms with Gasteiger partial charge in [-0.3, -0.25) is 0 Å². The molecule has 1 aromatic carbocycles. The van der Waals surface area contributed by atoms with Crippen LogP contribution in [0.2, 0.25) is 0 Å². The van der Waals surface area contributed by atoms with Gasteiger partial charge in [0.15, 0.2) is 11.6 Å². The van der Waals surface area contributed by atoms with E-state index in [1.165, 1.54) is 6.07 Å². The second kappa shape index (κ2) is 7.19. The van der Waals surface area contributed by atoms with Crippen molar-refractivity contribution in [1.82, 2.24) is 0 Å². The molecule has 1 aromatic rings. The number of nitrogens with two attached hydrogens (primary N) is 1. The maximum Gasteiger partial charge on any atom is 0.167 e. The molecule has 0 saturated heterocycles. The van der Waals surface area contributed by atoms with E-state index in [0.29, 0.717) is 30.5 Å². The molecule has 0 amide bonds. The van der Waals surface area contributed by atoms with Gasteiger partial charge >= 0.3 is 0 Å². The fourth-order valence-corrected chi connectivity index (χ4v) is 1.74. The van der Waals surface area contributed by atoms with Gasteiger partial charge in [-0.05, 0) is 12.8 Å². The van der Waals surface area contributed by atoms with Crippen LogP contribution in [-0.4, -0.2) is 26.4 Å². The Hall–Kier alpha value is -1.49. The lowest BCUT2D eigenvalue weighted by molar-refractivity contribution is 0.171. The number of anilines is 2. The molecule has 0 aromatic heterocycles. The molecule has 0 saturated carbocycles. The number of nitrogen functional groups attached to an aromatic ring is 1. The first-order valence-corrected chi connectivity index (χ1v) is 6.46. The van der Waals surface area contributed by atoms with E-state index in [1.807, 2.05) is 6.92 Å². The van der Waals surface area contributed by atoms with Crippen LogP contribution >= 0.6 is 0 Å². The van der Waals surface area contributed by atoms with Gasteiger partial charge in [-0.2, -0.15) is 0 Å². The Morgan fingerprint density at radius 2 is 2.05 bits per heavy atom. The molecule has 1 rings (SSSR count). The number of ether oxygens (including phenoxy) is 2. The Balaban J connectivity index is 2.95. The molecule has 0 heterocycles. The molecule has 1 atom stereocenters. The summed E-state index contributed by atoms with van der Waals surface area (Å²) in [6.45, 7) is 6.94. The maximum absolute atomic E-state index is 13.6. The minimum Gasteiger partial charge on any atom is -0.491 e. The number of nitrogens with one attached hydrogen (secondary N) is 1. The third kappa shape index (κ3) is 4.28. The van der Waals surface area contributed by atoms with E-state index >= 15 is 0 Å². The van der Waals surface area contributed by atoms with Crippen molar-refractivity contribution >= 4 is 11.4 Å². The molecule has 0 spiro atoms. The third-order valence-electron chi connectivity index (χ3n) is 2.90. The van der Waals surface area contributed by atoms with Crippen molar-refractivity contribution in [1.29, 1.82) is 0 Å². The largest absolute Gasteiger partial charge is 0.491 e. The van der Waals surface area contributed by atoms with Crippen molar-refractivity contribution in [3.8, 4) is 5.75 Å². The molecule has 4 nitrogen and oxygen atoms in total. The molecule has 0 bridgehead atoms. The molecule has 0 aliphatic rings. The highest BCUT2D eigenvalue weighted by Gasteiger charge is 2.16. The third-order valence-corrected chi connectivity index (χ3v) is 2.90. The Bertz CT molecular complexity index is 411. The summed E-state index contributed by atoms with van der Waals surface area (Å²) < 4.78 is 24.0. The molecular weight excluding hydrogens is 247 g/mol. The van der Waals surface area contributed by atoms with Crippen molar-refractivity contribution in [2.24, 2.45) is 5.92 Å². The normalized spacial score (nSPS) is 12.5. The summed E-state index contributed by atoms with van der Waals surface area (Å²) in [4.78, 5) is 0. The van der Waals surface area contributed by atoms with E-state index < -0.39 is 5.82 Å². The van der Waals surface area contributed by atoms with Gasteiger partial charge in [0.25, 0.3) is 0 Å². The van der Waals surface area contributed by atoms with Gasteiger partial charge in [-0.1, -0.05) is 13.8 Å². The lowest BCUT2D eigenvalue weighted by atomic mass is 10.0. The van der Waals surface area contributed by atoms with E-state index in [9.17, 15) is 4.39 Å². The van der Waals surface area contributed by atoms with Crippen molar-refractivity contribution in [2.45, 2.75) is 26.8 Å². The van der Waals surface area contributed by atoms with Crippen molar-refractivity contribution < 1.29 is 13.9 Å². The molecule has 19 heavy (non-hydrogen) atoms. The number of methoxy groups -OCH3 is 1. The van der Waals surface area contributed by atoms with Crippen molar-refractivity contribution in [3.63, 3.8) is 0 Å². The highest BCUT2D eigenvalue weighted by Crippen LogP contribution is 2.29. The summed E-state index contributed by atoms with van der Waals surface area (Å²) in [6.07, 6.45) is 0. The average Bonchev–Trinajstić information content (AvgIpc) is 2.34. The van der Waals surface area contributed by atoms with Gasteiger partial charge in [-0.15, -0.1) is 0 Å². The second-order valence-electron chi connectivity index (χ2n) is 4.75. The van der Waals surface area contributed by atoms with Crippen LogP contribution in [0.1, 0.15) is 20.8 Å². The first kappa shape index (κ1) is 15.6. The monoisotopic (exact) mass is 270 g/mol. The summed E-state index contributed by atoms with van der Waals surface area (Å²) in [6, 6.07) is 2.98. The van der Waals surface area contributed by atoms with Crippen LogP contribution in [-0.2, 0) is 4.74 Å². The second-order valence-corrected chi connectivity index (χ2v) is 4.75. The topological polar surface area (TPSA) is 56.5 Å². The maximum atomic E-state index is 13.6. The Morgan fingerprint density at radius 3 is 2.58 bits per heavy atom. The first-order valence-electron chi connectivity index (χ1n) is 6.46. The highest BCUT2D eigenvalue weighted by molar-refractivity contribution is 5.69. The van der Waals surface area contributed by atoms with E-state index in [-0.39, 0.29) is 11.8 Å². The average molecular weight is 270 g/mol. The van der Waals surface area contributed by atoms with Crippen LogP contribution in [0.25, 0.3) is 0 Å². The molecule has 3 N–H and O–H groups in total. The SMILES string of the molecule is CCOc1cc(NC(COC)C(C)C)c(N)cc1F. The molecule has 108 valence electrons. The lowest BCUT2D eigenvalue weighted by Crippen LogP contribution is -2.30. The number of hydrogen-bond donors (Lipinski definition) is 2. The molecule has 0 radical (unpaired) electrons. The first-order chi connectivity index (χ1) is 8.99. The van der Waals surface area contributed by atoms with Crippen molar-refractivity contribution in [2.75, 3.05) is 31.4 Å². The van der Waals surface area contributed by atoms with Crippen molar-refractivity contribution in [3.05, 3.63) is 17.9 Å². The van der Waals surface area contributed by atoms with Gasteiger partial charge in [0.1, 0.15) is 0 Å². The summed E-state index contributed by atoms with van der Waals surface area (Å²) >= 11 is 0. The van der Waals surface area contributed by atoms with Gasteiger partial charge in [0, 0.05) is 19.2 Å². The molecular formula is C14H23FN2O2. The molecule has 0 aliphatic heterocycles. The molecule has 5 heteroatoms. The zero-order chi connectivity index (χ0) is 14.4.